The van der Waals surface area contributed by atoms with E-state index in [0.717, 1.165) is 18.7 Å². The fourth-order valence-corrected chi connectivity index (χ4v) is 4.46. The van der Waals surface area contributed by atoms with Crippen molar-refractivity contribution in [2.45, 2.75) is 25.9 Å². The van der Waals surface area contributed by atoms with Crippen LogP contribution in [0.5, 0.6) is 0 Å². The number of fused-ring (bicyclic) bond motifs is 1. The van der Waals surface area contributed by atoms with Gasteiger partial charge in [0.2, 0.25) is 11.8 Å². The van der Waals surface area contributed by atoms with Gasteiger partial charge in [-0.15, -0.1) is 0 Å². The second kappa shape index (κ2) is 9.11. The van der Waals surface area contributed by atoms with E-state index in [0.29, 0.717) is 13.1 Å². The van der Waals surface area contributed by atoms with Gasteiger partial charge in [0, 0.05) is 25.2 Å². The molecule has 3 unspecified atom stereocenters. The number of likely N-dealkylation sites (tertiary alicyclic amines) is 1. The molecule has 0 bridgehead atoms. The Morgan fingerprint density at radius 1 is 1.10 bits per heavy atom. The first-order valence-corrected chi connectivity index (χ1v) is 10.6. The number of nitrogens with zero attached hydrogens (tertiary/aromatic N) is 2. The van der Waals surface area contributed by atoms with Crippen LogP contribution in [0.3, 0.4) is 0 Å². The minimum absolute atomic E-state index is 0.0741. The zero-order valence-electron chi connectivity index (χ0n) is 17.4. The first kappa shape index (κ1) is 21.4. The molecule has 8 heteroatoms. The van der Waals surface area contributed by atoms with Crippen LogP contribution in [0.15, 0.2) is 48.5 Å². The van der Waals surface area contributed by atoms with Gasteiger partial charge in [-0.05, 0) is 37.2 Å². The van der Waals surface area contributed by atoms with Gasteiger partial charge in [0.25, 0.3) is 0 Å². The molecule has 2 aromatic carbocycles. The Labute approximate surface area is 180 Å². The summed E-state index contributed by atoms with van der Waals surface area (Å²) in [4.78, 5) is 28.3. The normalized spacial score (nSPS) is 23.6. The van der Waals surface area contributed by atoms with Crippen LogP contribution in [0, 0.1) is 23.5 Å². The molecule has 4 rings (SSSR count). The Hall–Kier alpha value is -2.84. The maximum absolute atomic E-state index is 13.9. The van der Waals surface area contributed by atoms with Gasteiger partial charge < -0.3 is 10.2 Å². The molecule has 0 spiro atoms. The maximum Gasteiger partial charge on any atom is 0.247 e. The van der Waals surface area contributed by atoms with Gasteiger partial charge in [-0.1, -0.05) is 31.2 Å². The standard InChI is InChI=1S/C23H26F2N4O2/c1-2-11-28-13-17(22(30)26-12-16-19(24)9-6-10-20(16)25)21-18(14-28)23(31)29(27-21)15-7-4-3-5-8-15/h3-10,17-18,21,27H,2,11-14H2,1H3,(H,26,30). The second-order valence-electron chi connectivity index (χ2n) is 8.05. The number of carbonyl (C=O) groups excluding carboxylic acids is 2. The lowest BCUT2D eigenvalue weighted by Crippen LogP contribution is -2.57. The van der Waals surface area contributed by atoms with Gasteiger partial charge in [0.05, 0.1) is 23.6 Å². The fourth-order valence-electron chi connectivity index (χ4n) is 4.46. The molecule has 0 radical (unpaired) electrons. The first-order valence-electron chi connectivity index (χ1n) is 10.6. The average Bonchev–Trinajstić information content (AvgIpc) is 3.10. The van der Waals surface area contributed by atoms with E-state index in [1.54, 1.807) is 0 Å². The van der Waals surface area contributed by atoms with Crippen molar-refractivity contribution in [3.8, 4) is 0 Å². The molecule has 0 aliphatic carbocycles. The predicted molar refractivity (Wildman–Crippen MR) is 113 cm³/mol. The molecular weight excluding hydrogens is 402 g/mol. The van der Waals surface area contributed by atoms with Crippen LogP contribution in [-0.4, -0.2) is 42.4 Å². The summed E-state index contributed by atoms with van der Waals surface area (Å²) in [6.45, 7) is 3.62. The smallest absolute Gasteiger partial charge is 0.247 e. The van der Waals surface area contributed by atoms with E-state index in [2.05, 4.69) is 15.6 Å². The van der Waals surface area contributed by atoms with Crippen LogP contribution in [0.1, 0.15) is 18.9 Å². The average molecular weight is 428 g/mol. The predicted octanol–water partition coefficient (Wildman–Crippen LogP) is 2.46. The lowest BCUT2D eigenvalue weighted by molar-refractivity contribution is -0.130. The highest BCUT2D eigenvalue weighted by atomic mass is 19.1. The molecule has 164 valence electrons. The van der Waals surface area contributed by atoms with Crippen LogP contribution in [-0.2, 0) is 16.1 Å². The van der Waals surface area contributed by atoms with Crippen LogP contribution < -0.4 is 15.8 Å². The summed E-state index contributed by atoms with van der Waals surface area (Å²) in [7, 11) is 0. The van der Waals surface area contributed by atoms with Crippen LogP contribution >= 0.6 is 0 Å². The third kappa shape index (κ3) is 4.31. The molecule has 2 heterocycles. The Bertz CT molecular complexity index is 936. The second-order valence-corrected chi connectivity index (χ2v) is 8.05. The number of amides is 2. The van der Waals surface area contributed by atoms with Gasteiger partial charge in [-0.25, -0.2) is 19.2 Å². The van der Waals surface area contributed by atoms with E-state index in [-0.39, 0.29) is 35.9 Å². The molecule has 3 atom stereocenters. The zero-order valence-corrected chi connectivity index (χ0v) is 17.4. The molecule has 2 amide bonds. The summed E-state index contributed by atoms with van der Waals surface area (Å²) in [5.41, 5.74) is 3.77. The third-order valence-corrected chi connectivity index (χ3v) is 5.98. The molecule has 2 aromatic rings. The lowest BCUT2D eigenvalue weighted by atomic mass is 9.84. The minimum atomic E-state index is -0.696. The number of hydrogen-bond acceptors (Lipinski definition) is 4. The van der Waals surface area contributed by atoms with Crippen LogP contribution in [0.2, 0.25) is 0 Å². The lowest BCUT2D eigenvalue weighted by Gasteiger charge is -2.38. The van der Waals surface area contributed by atoms with E-state index in [9.17, 15) is 18.4 Å². The van der Waals surface area contributed by atoms with Crippen LogP contribution in [0.25, 0.3) is 0 Å². The number of hydrogen-bond donors (Lipinski definition) is 2. The summed E-state index contributed by atoms with van der Waals surface area (Å²) in [5.74, 6) is -2.69. The van der Waals surface area contributed by atoms with Crippen molar-refractivity contribution in [2.75, 3.05) is 24.6 Å². The quantitative estimate of drug-likeness (QED) is 0.742. The molecule has 2 saturated heterocycles. The monoisotopic (exact) mass is 428 g/mol. The molecule has 2 aliphatic rings. The highest BCUT2D eigenvalue weighted by Gasteiger charge is 2.50. The van der Waals surface area contributed by atoms with E-state index in [1.165, 1.54) is 23.2 Å². The van der Waals surface area contributed by atoms with Crippen molar-refractivity contribution in [3.63, 3.8) is 0 Å². The number of hydrazine groups is 1. The van der Waals surface area contributed by atoms with Gasteiger partial charge in [0.1, 0.15) is 11.6 Å². The Kier molecular flexibility index (Phi) is 6.29. The number of para-hydroxylation sites is 1. The Morgan fingerprint density at radius 2 is 1.81 bits per heavy atom. The molecule has 2 fully saturated rings. The van der Waals surface area contributed by atoms with Crippen molar-refractivity contribution >= 4 is 17.5 Å². The van der Waals surface area contributed by atoms with Gasteiger partial charge in [0.15, 0.2) is 0 Å². The number of piperidine rings is 1. The topological polar surface area (TPSA) is 64.7 Å². The number of carbonyl (C=O) groups is 2. The number of benzene rings is 2. The highest BCUT2D eigenvalue weighted by molar-refractivity contribution is 5.98. The van der Waals surface area contributed by atoms with E-state index in [1.807, 2.05) is 37.3 Å². The largest absolute Gasteiger partial charge is 0.351 e. The summed E-state index contributed by atoms with van der Waals surface area (Å²) < 4.78 is 27.9. The van der Waals surface area contributed by atoms with Crippen molar-refractivity contribution in [1.29, 1.82) is 0 Å². The molecule has 2 N–H and O–H groups in total. The minimum Gasteiger partial charge on any atom is -0.351 e. The third-order valence-electron chi connectivity index (χ3n) is 5.98. The van der Waals surface area contributed by atoms with Gasteiger partial charge in [-0.2, -0.15) is 0 Å². The van der Waals surface area contributed by atoms with Crippen molar-refractivity contribution in [1.82, 2.24) is 15.6 Å². The van der Waals surface area contributed by atoms with Gasteiger partial charge >= 0.3 is 0 Å². The summed E-state index contributed by atoms with van der Waals surface area (Å²) in [6, 6.07) is 12.5. The summed E-state index contributed by atoms with van der Waals surface area (Å²) in [6.07, 6.45) is 0.899. The molecule has 2 aliphatic heterocycles. The summed E-state index contributed by atoms with van der Waals surface area (Å²) >= 11 is 0. The van der Waals surface area contributed by atoms with E-state index < -0.39 is 17.6 Å². The zero-order chi connectivity index (χ0) is 22.0. The molecule has 6 nitrogen and oxygen atoms in total. The SMILES string of the molecule is CCCN1CC(C(=O)NCc2c(F)cccc2F)C2NN(c3ccccc3)C(=O)C2C1. The molecular formula is C23H26F2N4O2. The number of anilines is 1. The number of nitrogens with one attached hydrogen (secondary N) is 2. The molecule has 31 heavy (non-hydrogen) atoms. The van der Waals surface area contributed by atoms with Crippen LogP contribution in [0.4, 0.5) is 14.5 Å². The fraction of sp³-hybridized carbons (Fsp3) is 0.391. The van der Waals surface area contributed by atoms with Crippen molar-refractivity contribution < 1.29 is 18.4 Å². The van der Waals surface area contributed by atoms with Crippen molar-refractivity contribution in [3.05, 3.63) is 65.7 Å². The molecule has 0 aromatic heterocycles. The van der Waals surface area contributed by atoms with Crippen molar-refractivity contribution in [2.24, 2.45) is 11.8 Å². The van der Waals surface area contributed by atoms with E-state index in [4.69, 9.17) is 0 Å². The first-order chi connectivity index (χ1) is 15.0. The number of halogens is 2. The Balaban J connectivity index is 1.53. The van der Waals surface area contributed by atoms with Gasteiger partial charge in [-0.3, -0.25) is 9.59 Å². The number of rotatable bonds is 6. The molecule has 0 saturated carbocycles. The summed E-state index contributed by atoms with van der Waals surface area (Å²) in [5, 5.41) is 4.20. The Morgan fingerprint density at radius 3 is 2.48 bits per heavy atom. The maximum atomic E-state index is 13.9. The van der Waals surface area contributed by atoms with E-state index >= 15 is 0 Å². The highest BCUT2D eigenvalue weighted by Crippen LogP contribution is 2.32.